The summed E-state index contributed by atoms with van der Waals surface area (Å²) in [6.45, 7) is 7.29. The SMILES string of the molecule is [C-]#[N+]c1ccc(-c2nnc(-c3ccco3)o2)cc1NC(=O)c1ccccc1F. The number of halogens is 1. The van der Waals surface area contributed by atoms with Gasteiger partial charge < -0.3 is 14.2 Å². The Kier molecular flexibility index (Phi) is 4.40. The van der Waals surface area contributed by atoms with Crippen LogP contribution in [0.4, 0.5) is 15.8 Å². The van der Waals surface area contributed by atoms with Crippen LogP contribution in [0.15, 0.2) is 69.7 Å². The van der Waals surface area contributed by atoms with Crippen LogP contribution >= 0.6 is 0 Å². The van der Waals surface area contributed by atoms with Crippen molar-refractivity contribution in [3.05, 3.63) is 83.7 Å². The molecule has 0 atom stereocenters. The van der Waals surface area contributed by atoms with Crippen LogP contribution < -0.4 is 5.32 Å². The first-order valence-electron chi connectivity index (χ1n) is 8.11. The maximum absolute atomic E-state index is 13.8. The standard InChI is InChI=1S/C20H11FN4O3/c1-22-15-9-8-12(19-24-25-20(28-19)17-7-4-10-27-17)11-16(15)23-18(26)13-5-2-3-6-14(13)21/h2-11H,(H,23,26). The van der Waals surface area contributed by atoms with Crippen molar-refractivity contribution in [3.8, 4) is 23.1 Å². The molecule has 0 aliphatic rings. The van der Waals surface area contributed by atoms with Crippen molar-refractivity contribution in [2.75, 3.05) is 5.32 Å². The van der Waals surface area contributed by atoms with Crippen molar-refractivity contribution in [1.82, 2.24) is 10.2 Å². The quantitative estimate of drug-likeness (QED) is 0.512. The molecule has 28 heavy (non-hydrogen) atoms. The van der Waals surface area contributed by atoms with Crippen LogP contribution in [0.25, 0.3) is 28.0 Å². The molecule has 1 amide bonds. The number of aromatic nitrogens is 2. The number of rotatable bonds is 4. The average Bonchev–Trinajstić information content (AvgIpc) is 3.40. The van der Waals surface area contributed by atoms with Gasteiger partial charge in [0.1, 0.15) is 5.82 Å². The predicted octanol–water partition coefficient (Wildman–Crippen LogP) is 4.94. The van der Waals surface area contributed by atoms with Crippen LogP contribution in [0.2, 0.25) is 0 Å². The van der Waals surface area contributed by atoms with E-state index in [1.54, 1.807) is 24.3 Å². The van der Waals surface area contributed by atoms with Gasteiger partial charge in [-0.3, -0.25) is 4.79 Å². The van der Waals surface area contributed by atoms with Gasteiger partial charge in [-0.15, -0.1) is 10.2 Å². The summed E-state index contributed by atoms with van der Waals surface area (Å²) in [5, 5.41) is 10.4. The highest BCUT2D eigenvalue weighted by atomic mass is 19.1. The highest BCUT2D eigenvalue weighted by molar-refractivity contribution is 6.06. The number of nitrogens with one attached hydrogen (secondary N) is 1. The molecule has 8 heteroatoms. The normalized spacial score (nSPS) is 10.4. The van der Waals surface area contributed by atoms with Crippen molar-refractivity contribution < 1.29 is 18.0 Å². The number of amides is 1. The highest BCUT2D eigenvalue weighted by Gasteiger charge is 2.17. The van der Waals surface area contributed by atoms with Crippen LogP contribution in [0.1, 0.15) is 10.4 Å². The first-order chi connectivity index (χ1) is 13.7. The lowest BCUT2D eigenvalue weighted by Gasteiger charge is -2.09. The molecule has 2 aromatic heterocycles. The molecule has 2 aromatic carbocycles. The minimum Gasteiger partial charge on any atom is -0.459 e. The van der Waals surface area contributed by atoms with Gasteiger partial charge in [-0.05, 0) is 30.3 Å². The monoisotopic (exact) mass is 374 g/mol. The fourth-order valence-electron chi connectivity index (χ4n) is 2.54. The Morgan fingerprint density at radius 2 is 1.89 bits per heavy atom. The van der Waals surface area contributed by atoms with E-state index >= 15 is 0 Å². The minimum atomic E-state index is -0.665. The summed E-state index contributed by atoms with van der Waals surface area (Å²) in [6.07, 6.45) is 1.49. The first kappa shape index (κ1) is 17.2. The number of carbonyl (C=O) groups excluding carboxylic acids is 1. The predicted molar refractivity (Wildman–Crippen MR) is 98.1 cm³/mol. The maximum atomic E-state index is 13.8. The van der Waals surface area contributed by atoms with E-state index < -0.39 is 11.7 Å². The molecular weight excluding hydrogens is 363 g/mol. The Balaban J connectivity index is 1.66. The smallest absolute Gasteiger partial charge is 0.283 e. The van der Waals surface area contributed by atoms with E-state index in [1.165, 1.54) is 36.6 Å². The minimum absolute atomic E-state index is 0.123. The summed E-state index contributed by atoms with van der Waals surface area (Å²) in [5.74, 6) is -0.511. The number of hydrogen-bond acceptors (Lipinski definition) is 5. The van der Waals surface area contributed by atoms with Crippen LogP contribution in [0.3, 0.4) is 0 Å². The fraction of sp³-hybridized carbons (Fsp3) is 0. The zero-order valence-electron chi connectivity index (χ0n) is 14.2. The molecule has 0 aliphatic heterocycles. The molecule has 4 rings (SSSR count). The van der Waals surface area contributed by atoms with Crippen LogP contribution in [-0.4, -0.2) is 16.1 Å². The lowest BCUT2D eigenvalue weighted by atomic mass is 10.1. The molecule has 0 radical (unpaired) electrons. The van der Waals surface area contributed by atoms with Gasteiger partial charge in [0.05, 0.1) is 18.4 Å². The second-order valence-electron chi connectivity index (χ2n) is 5.67. The Morgan fingerprint density at radius 3 is 2.64 bits per heavy atom. The van der Waals surface area contributed by atoms with E-state index in [1.807, 2.05) is 0 Å². The van der Waals surface area contributed by atoms with Crippen molar-refractivity contribution in [3.63, 3.8) is 0 Å². The molecule has 0 spiro atoms. The maximum Gasteiger partial charge on any atom is 0.283 e. The molecular formula is C20H11FN4O3. The largest absolute Gasteiger partial charge is 0.459 e. The summed E-state index contributed by atoms with van der Waals surface area (Å²) in [6, 6.07) is 13.6. The highest BCUT2D eigenvalue weighted by Crippen LogP contribution is 2.32. The van der Waals surface area contributed by atoms with Crippen molar-refractivity contribution in [1.29, 1.82) is 0 Å². The summed E-state index contributed by atoms with van der Waals surface area (Å²) in [4.78, 5) is 15.8. The summed E-state index contributed by atoms with van der Waals surface area (Å²) in [7, 11) is 0. The van der Waals surface area contributed by atoms with Gasteiger partial charge in [0.2, 0.25) is 11.6 Å². The third-order valence-corrected chi connectivity index (χ3v) is 3.89. The van der Waals surface area contributed by atoms with Gasteiger partial charge in [-0.2, -0.15) is 0 Å². The van der Waals surface area contributed by atoms with E-state index in [4.69, 9.17) is 15.4 Å². The van der Waals surface area contributed by atoms with Gasteiger partial charge in [0.15, 0.2) is 5.76 Å². The van der Waals surface area contributed by atoms with Crippen LogP contribution in [0, 0.1) is 12.4 Å². The van der Waals surface area contributed by atoms with Crippen LogP contribution in [-0.2, 0) is 0 Å². The molecule has 0 saturated heterocycles. The fourth-order valence-corrected chi connectivity index (χ4v) is 2.54. The number of anilines is 1. The number of nitrogens with zero attached hydrogens (tertiary/aromatic N) is 3. The number of hydrogen-bond donors (Lipinski definition) is 1. The molecule has 2 heterocycles. The second-order valence-corrected chi connectivity index (χ2v) is 5.67. The molecule has 0 fully saturated rings. The van der Waals surface area contributed by atoms with E-state index in [-0.39, 0.29) is 28.7 Å². The van der Waals surface area contributed by atoms with Crippen molar-refractivity contribution in [2.24, 2.45) is 0 Å². The van der Waals surface area contributed by atoms with Crippen molar-refractivity contribution in [2.45, 2.75) is 0 Å². The van der Waals surface area contributed by atoms with E-state index in [2.05, 4.69) is 20.4 Å². The third kappa shape index (κ3) is 3.24. The van der Waals surface area contributed by atoms with Gasteiger partial charge in [0.25, 0.3) is 11.8 Å². The Bertz CT molecular complexity index is 1190. The van der Waals surface area contributed by atoms with Gasteiger partial charge in [-0.1, -0.05) is 24.3 Å². The zero-order valence-corrected chi connectivity index (χ0v) is 14.2. The summed E-state index contributed by atoms with van der Waals surface area (Å²) < 4.78 is 24.6. The van der Waals surface area contributed by atoms with E-state index in [0.717, 1.165) is 0 Å². The Morgan fingerprint density at radius 1 is 1.07 bits per heavy atom. The molecule has 1 N–H and O–H groups in total. The lowest BCUT2D eigenvalue weighted by molar-refractivity contribution is 0.102. The number of furan rings is 1. The molecule has 0 aliphatic carbocycles. The zero-order chi connectivity index (χ0) is 19.5. The Labute approximate surface area is 158 Å². The molecule has 0 bridgehead atoms. The summed E-state index contributed by atoms with van der Waals surface area (Å²) in [5.41, 5.74) is 0.765. The molecule has 0 unspecified atom stereocenters. The van der Waals surface area contributed by atoms with Gasteiger partial charge in [-0.25, -0.2) is 9.24 Å². The summed E-state index contributed by atoms with van der Waals surface area (Å²) >= 11 is 0. The van der Waals surface area contributed by atoms with Crippen LogP contribution in [0.5, 0.6) is 0 Å². The van der Waals surface area contributed by atoms with E-state index in [0.29, 0.717) is 11.3 Å². The van der Waals surface area contributed by atoms with Gasteiger partial charge >= 0.3 is 0 Å². The number of carbonyl (C=O) groups is 1. The number of benzene rings is 2. The first-order valence-corrected chi connectivity index (χ1v) is 8.11. The third-order valence-electron chi connectivity index (χ3n) is 3.89. The topological polar surface area (TPSA) is 85.5 Å². The Hall–Kier alpha value is -4.25. The molecule has 7 nitrogen and oxygen atoms in total. The molecule has 136 valence electrons. The molecule has 4 aromatic rings. The lowest BCUT2D eigenvalue weighted by Crippen LogP contribution is -2.13. The molecule has 0 saturated carbocycles. The van der Waals surface area contributed by atoms with E-state index in [9.17, 15) is 9.18 Å². The van der Waals surface area contributed by atoms with Crippen molar-refractivity contribution >= 4 is 17.3 Å². The average molecular weight is 374 g/mol. The van der Waals surface area contributed by atoms with Gasteiger partial charge in [0, 0.05) is 11.3 Å². The second kappa shape index (κ2) is 7.17.